The Bertz CT molecular complexity index is 780. The molecule has 1 unspecified atom stereocenters. The highest BCUT2D eigenvalue weighted by molar-refractivity contribution is 5.47. The molecule has 0 bridgehead atoms. The number of hydrogen-bond donors (Lipinski definition) is 0. The van der Waals surface area contributed by atoms with Gasteiger partial charge in [0.05, 0.1) is 38.6 Å². The fraction of sp³-hybridized carbons (Fsp3) is 0.750. The largest absolute Gasteiger partial charge is 0.396 e. The summed E-state index contributed by atoms with van der Waals surface area (Å²) in [7, 11) is 0. The van der Waals surface area contributed by atoms with Crippen molar-refractivity contribution in [2.75, 3.05) is 46.1 Å². The van der Waals surface area contributed by atoms with Gasteiger partial charge in [-0.15, -0.1) is 5.10 Å². The number of morpholine rings is 1. The smallest absolute Gasteiger partial charge is 0.379 e. The second-order valence-corrected chi connectivity index (χ2v) is 6.93. The second-order valence-electron chi connectivity index (χ2n) is 6.93. The molecule has 12 heteroatoms. The molecule has 0 radical (unpaired) electrons. The van der Waals surface area contributed by atoms with E-state index in [0.29, 0.717) is 37.7 Å². The molecule has 4 rings (SSSR count). The number of ether oxygens (including phenoxy) is 2. The number of rotatable bonds is 6. The lowest BCUT2D eigenvalue weighted by molar-refractivity contribution is -0.128. The molecular formula is C16H22F3N7O2. The van der Waals surface area contributed by atoms with Crippen LogP contribution in [0.4, 0.5) is 13.2 Å². The summed E-state index contributed by atoms with van der Waals surface area (Å²) in [6, 6.07) is -0.150. The Balaban J connectivity index is 1.51. The molecule has 0 aromatic carbocycles. The molecule has 0 amide bonds. The predicted octanol–water partition coefficient (Wildman–Crippen LogP) is 0.935. The van der Waals surface area contributed by atoms with Crippen LogP contribution in [0, 0.1) is 0 Å². The molecular weight excluding hydrogens is 379 g/mol. The molecule has 2 fully saturated rings. The number of aromatic nitrogens is 6. The van der Waals surface area contributed by atoms with Crippen LogP contribution in [0.5, 0.6) is 0 Å². The van der Waals surface area contributed by atoms with E-state index in [0.717, 1.165) is 32.8 Å². The number of hydrogen-bond acceptors (Lipinski definition) is 7. The average molecular weight is 401 g/mol. The van der Waals surface area contributed by atoms with Crippen molar-refractivity contribution >= 4 is 0 Å². The van der Waals surface area contributed by atoms with E-state index in [4.69, 9.17) is 9.47 Å². The highest BCUT2D eigenvalue weighted by Crippen LogP contribution is 2.27. The van der Waals surface area contributed by atoms with Gasteiger partial charge in [-0.05, 0) is 6.42 Å². The summed E-state index contributed by atoms with van der Waals surface area (Å²) in [5, 5.41) is 12.3. The maximum absolute atomic E-state index is 12.8. The van der Waals surface area contributed by atoms with E-state index >= 15 is 0 Å². The van der Waals surface area contributed by atoms with Gasteiger partial charge in [-0.1, -0.05) is 5.21 Å². The molecule has 4 heterocycles. The zero-order valence-corrected chi connectivity index (χ0v) is 15.3. The van der Waals surface area contributed by atoms with Crippen molar-refractivity contribution in [3.05, 3.63) is 12.0 Å². The molecule has 1 atom stereocenters. The highest BCUT2D eigenvalue weighted by atomic mass is 19.4. The Hall–Kier alpha value is -2.05. The normalized spacial score (nSPS) is 21.5. The van der Waals surface area contributed by atoms with Crippen LogP contribution in [0.1, 0.15) is 18.3 Å². The van der Waals surface area contributed by atoms with Crippen LogP contribution in [0.25, 0.3) is 11.5 Å². The van der Waals surface area contributed by atoms with Gasteiger partial charge in [0.2, 0.25) is 0 Å². The lowest BCUT2D eigenvalue weighted by Gasteiger charge is -2.26. The third-order valence-electron chi connectivity index (χ3n) is 4.80. The van der Waals surface area contributed by atoms with Gasteiger partial charge >= 0.3 is 6.18 Å². The maximum Gasteiger partial charge on any atom is 0.396 e. The molecule has 2 aromatic heterocycles. The summed E-state index contributed by atoms with van der Waals surface area (Å²) in [4.78, 5) is 6.38. The van der Waals surface area contributed by atoms with Crippen LogP contribution in [-0.2, 0) is 22.4 Å². The van der Waals surface area contributed by atoms with Gasteiger partial charge in [0, 0.05) is 26.2 Å². The van der Waals surface area contributed by atoms with Crippen molar-refractivity contribution in [2.45, 2.75) is 31.6 Å². The van der Waals surface area contributed by atoms with Crippen LogP contribution < -0.4 is 0 Å². The number of alkyl halides is 3. The van der Waals surface area contributed by atoms with Gasteiger partial charge < -0.3 is 9.47 Å². The van der Waals surface area contributed by atoms with E-state index in [1.165, 1.54) is 4.68 Å². The van der Waals surface area contributed by atoms with Crippen molar-refractivity contribution in [1.29, 1.82) is 0 Å². The van der Waals surface area contributed by atoms with Gasteiger partial charge in [0.25, 0.3) is 0 Å². The zero-order valence-electron chi connectivity index (χ0n) is 15.3. The summed E-state index contributed by atoms with van der Waals surface area (Å²) in [5.74, 6) is 0.0321. The highest BCUT2D eigenvalue weighted by Gasteiger charge is 2.32. The van der Waals surface area contributed by atoms with Crippen molar-refractivity contribution in [3.63, 3.8) is 0 Å². The standard InChI is InChI=1S/C16H22F3N7O2/c17-16(18,19)9-14-20-15(26(22-14)12-1-6-28-11-12)13-10-25(23-21-13)3-2-24-4-7-27-8-5-24/h10,12H,1-9,11H2. The lowest BCUT2D eigenvalue weighted by atomic mass is 10.2. The molecule has 0 aliphatic carbocycles. The van der Waals surface area contributed by atoms with Crippen molar-refractivity contribution in [3.8, 4) is 11.5 Å². The molecule has 28 heavy (non-hydrogen) atoms. The Morgan fingerprint density at radius 3 is 2.64 bits per heavy atom. The summed E-state index contributed by atoms with van der Waals surface area (Å²) >= 11 is 0. The second kappa shape index (κ2) is 8.13. The van der Waals surface area contributed by atoms with E-state index in [1.807, 2.05) is 0 Å². The van der Waals surface area contributed by atoms with E-state index in [2.05, 4.69) is 25.3 Å². The lowest BCUT2D eigenvalue weighted by Crippen LogP contribution is -2.38. The summed E-state index contributed by atoms with van der Waals surface area (Å²) in [6.45, 7) is 5.56. The molecule has 0 N–H and O–H groups in total. The third kappa shape index (κ3) is 4.67. The summed E-state index contributed by atoms with van der Waals surface area (Å²) < 4.78 is 52.2. The molecule has 0 spiro atoms. The molecule has 2 aliphatic rings. The van der Waals surface area contributed by atoms with Gasteiger partial charge in [0.1, 0.15) is 12.1 Å². The molecule has 2 saturated heterocycles. The summed E-state index contributed by atoms with van der Waals surface area (Å²) in [5.41, 5.74) is 0.412. The molecule has 2 aliphatic heterocycles. The molecule has 2 aromatic rings. The first-order valence-corrected chi connectivity index (χ1v) is 9.28. The van der Waals surface area contributed by atoms with Crippen LogP contribution in [-0.4, -0.2) is 86.9 Å². The summed E-state index contributed by atoms with van der Waals surface area (Å²) in [6.07, 6.45) is -3.17. The fourth-order valence-corrected chi connectivity index (χ4v) is 3.34. The minimum Gasteiger partial charge on any atom is -0.379 e. The predicted molar refractivity (Wildman–Crippen MR) is 90.5 cm³/mol. The van der Waals surface area contributed by atoms with E-state index in [-0.39, 0.29) is 11.9 Å². The molecule has 154 valence electrons. The number of nitrogens with zero attached hydrogens (tertiary/aromatic N) is 7. The quantitative estimate of drug-likeness (QED) is 0.712. The average Bonchev–Trinajstić information content (AvgIpc) is 3.39. The van der Waals surface area contributed by atoms with Crippen LogP contribution >= 0.6 is 0 Å². The van der Waals surface area contributed by atoms with E-state index in [1.54, 1.807) is 10.9 Å². The first kappa shape index (κ1) is 19.3. The first-order valence-electron chi connectivity index (χ1n) is 9.28. The number of halogens is 3. The monoisotopic (exact) mass is 401 g/mol. The van der Waals surface area contributed by atoms with Crippen LogP contribution in [0.2, 0.25) is 0 Å². The van der Waals surface area contributed by atoms with Crippen molar-refractivity contribution < 1.29 is 22.6 Å². The van der Waals surface area contributed by atoms with Crippen LogP contribution in [0.3, 0.4) is 0 Å². The van der Waals surface area contributed by atoms with Gasteiger partial charge in [-0.25, -0.2) is 9.67 Å². The Labute approximate surface area is 159 Å². The van der Waals surface area contributed by atoms with E-state index < -0.39 is 12.6 Å². The van der Waals surface area contributed by atoms with E-state index in [9.17, 15) is 13.2 Å². The van der Waals surface area contributed by atoms with Gasteiger partial charge in [-0.3, -0.25) is 9.58 Å². The van der Waals surface area contributed by atoms with Gasteiger partial charge in [-0.2, -0.15) is 18.3 Å². The van der Waals surface area contributed by atoms with Gasteiger partial charge in [0.15, 0.2) is 11.6 Å². The third-order valence-corrected chi connectivity index (χ3v) is 4.80. The molecule has 9 nitrogen and oxygen atoms in total. The molecule has 0 saturated carbocycles. The van der Waals surface area contributed by atoms with Crippen molar-refractivity contribution in [1.82, 2.24) is 34.7 Å². The fourth-order valence-electron chi connectivity index (χ4n) is 3.34. The van der Waals surface area contributed by atoms with Crippen molar-refractivity contribution in [2.24, 2.45) is 0 Å². The first-order chi connectivity index (χ1) is 13.5. The SMILES string of the molecule is FC(F)(F)Cc1nc(-c2cn(CCN3CCOCC3)nn2)n(C2CCOC2)n1. The Kier molecular flexibility index (Phi) is 5.60. The minimum absolute atomic E-state index is 0.150. The topological polar surface area (TPSA) is 83.1 Å². The Morgan fingerprint density at radius 2 is 1.93 bits per heavy atom. The zero-order chi connectivity index (χ0) is 19.6. The van der Waals surface area contributed by atoms with Crippen LogP contribution in [0.15, 0.2) is 6.20 Å². The minimum atomic E-state index is -4.37. The maximum atomic E-state index is 12.8. The Morgan fingerprint density at radius 1 is 1.11 bits per heavy atom.